The first-order valence-electron chi connectivity index (χ1n) is 5.08. The number of hydrogen-bond acceptors (Lipinski definition) is 1. The van der Waals surface area contributed by atoms with Gasteiger partial charge >= 0.3 is 6.18 Å². The molecule has 1 aromatic carbocycles. The summed E-state index contributed by atoms with van der Waals surface area (Å²) >= 11 is 0. The Morgan fingerprint density at radius 3 is 2.41 bits per heavy atom. The Hall–Kier alpha value is -1.78. The number of benzene rings is 1. The molecule has 0 spiro atoms. The molecule has 0 amide bonds. The second kappa shape index (κ2) is 3.91. The number of hydrogen-bond donors (Lipinski definition) is 1. The SMILES string of the molecule is Cc1ccc(-c2ncc(C(F)(F)F)[nH]2)c(C)c1. The number of rotatable bonds is 1. The maximum atomic E-state index is 12.4. The van der Waals surface area contributed by atoms with Gasteiger partial charge in [-0.15, -0.1) is 0 Å². The highest BCUT2D eigenvalue weighted by Crippen LogP contribution is 2.30. The van der Waals surface area contributed by atoms with Crippen molar-refractivity contribution in [2.45, 2.75) is 20.0 Å². The predicted molar refractivity (Wildman–Crippen MR) is 58.5 cm³/mol. The van der Waals surface area contributed by atoms with E-state index in [1.54, 1.807) is 6.07 Å². The molecule has 0 saturated heterocycles. The molecule has 5 heteroatoms. The average molecular weight is 240 g/mol. The van der Waals surface area contributed by atoms with E-state index in [9.17, 15) is 13.2 Å². The zero-order valence-electron chi connectivity index (χ0n) is 9.39. The third kappa shape index (κ3) is 2.33. The molecular formula is C12H11F3N2. The minimum Gasteiger partial charge on any atom is -0.334 e. The lowest BCUT2D eigenvalue weighted by atomic mass is 10.1. The molecule has 1 aromatic heterocycles. The van der Waals surface area contributed by atoms with Gasteiger partial charge in [0.2, 0.25) is 0 Å². The first kappa shape index (κ1) is 11.7. The van der Waals surface area contributed by atoms with Crippen LogP contribution in [0.1, 0.15) is 16.8 Å². The topological polar surface area (TPSA) is 28.7 Å². The maximum absolute atomic E-state index is 12.4. The van der Waals surface area contributed by atoms with Gasteiger partial charge in [0, 0.05) is 5.56 Å². The van der Waals surface area contributed by atoms with Crippen molar-refractivity contribution in [2.24, 2.45) is 0 Å². The quantitative estimate of drug-likeness (QED) is 0.808. The summed E-state index contributed by atoms with van der Waals surface area (Å²) in [5, 5.41) is 0. The Labute approximate surface area is 96.5 Å². The van der Waals surface area contributed by atoms with Crippen molar-refractivity contribution in [3.05, 3.63) is 41.2 Å². The maximum Gasteiger partial charge on any atom is 0.432 e. The van der Waals surface area contributed by atoms with Gasteiger partial charge in [-0.25, -0.2) is 4.98 Å². The number of halogens is 3. The fraction of sp³-hybridized carbons (Fsp3) is 0.250. The van der Waals surface area contributed by atoms with Gasteiger partial charge in [0.25, 0.3) is 0 Å². The number of aryl methyl sites for hydroxylation is 2. The number of alkyl halides is 3. The molecule has 2 rings (SSSR count). The van der Waals surface area contributed by atoms with Crippen LogP contribution >= 0.6 is 0 Å². The molecule has 2 nitrogen and oxygen atoms in total. The molecule has 0 unspecified atom stereocenters. The molecule has 0 aliphatic heterocycles. The van der Waals surface area contributed by atoms with Crippen LogP contribution in [0, 0.1) is 13.8 Å². The van der Waals surface area contributed by atoms with E-state index < -0.39 is 11.9 Å². The molecule has 2 aromatic rings. The van der Waals surface area contributed by atoms with Crippen molar-refractivity contribution in [3.63, 3.8) is 0 Å². The first-order chi connectivity index (χ1) is 7.88. The van der Waals surface area contributed by atoms with Crippen molar-refractivity contribution >= 4 is 0 Å². The van der Waals surface area contributed by atoms with Crippen LogP contribution in [-0.2, 0) is 6.18 Å². The molecule has 0 aliphatic carbocycles. The van der Waals surface area contributed by atoms with Crippen LogP contribution in [0.4, 0.5) is 13.2 Å². The smallest absolute Gasteiger partial charge is 0.334 e. The van der Waals surface area contributed by atoms with Crippen LogP contribution in [0.3, 0.4) is 0 Å². The summed E-state index contributed by atoms with van der Waals surface area (Å²) in [7, 11) is 0. The van der Waals surface area contributed by atoms with E-state index in [0.717, 1.165) is 17.3 Å². The normalized spacial score (nSPS) is 11.8. The fourth-order valence-electron chi connectivity index (χ4n) is 1.68. The molecule has 0 saturated carbocycles. The van der Waals surface area contributed by atoms with Crippen molar-refractivity contribution < 1.29 is 13.2 Å². The highest BCUT2D eigenvalue weighted by atomic mass is 19.4. The second-order valence-corrected chi connectivity index (χ2v) is 3.96. The van der Waals surface area contributed by atoms with Crippen LogP contribution in [0.2, 0.25) is 0 Å². The van der Waals surface area contributed by atoms with Gasteiger partial charge in [-0.05, 0) is 19.4 Å². The number of H-pyrrole nitrogens is 1. The number of aromatic nitrogens is 2. The highest BCUT2D eigenvalue weighted by Gasteiger charge is 2.33. The van der Waals surface area contributed by atoms with Gasteiger partial charge in [-0.2, -0.15) is 13.2 Å². The fourth-order valence-corrected chi connectivity index (χ4v) is 1.68. The molecule has 0 bridgehead atoms. The Bertz CT molecular complexity index is 541. The Morgan fingerprint density at radius 1 is 1.18 bits per heavy atom. The summed E-state index contributed by atoms with van der Waals surface area (Å²) in [5.41, 5.74) is 1.82. The predicted octanol–water partition coefficient (Wildman–Crippen LogP) is 3.71. The van der Waals surface area contributed by atoms with Crippen LogP contribution in [0.15, 0.2) is 24.4 Å². The van der Waals surface area contributed by atoms with Gasteiger partial charge in [0.15, 0.2) is 0 Å². The summed E-state index contributed by atoms with van der Waals surface area (Å²) in [6, 6.07) is 5.52. The van der Waals surface area contributed by atoms with Crippen LogP contribution < -0.4 is 0 Å². The van der Waals surface area contributed by atoms with E-state index >= 15 is 0 Å². The lowest BCUT2D eigenvalue weighted by molar-refractivity contribution is -0.140. The number of aromatic amines is 1. The van der Waals surface area contributed by atoms with E-state index in [1.807, 2.05) is 26.0 Å². The molecule has 1 heterocycles. The third-order valence-corrected chi connectivity index (χ3v) is 2.52. The van der Waals surface area contributed by atoms with Crippen molar-refractivity contribution in [2.75, 3.05) is 0 Å². The van der Waals surface area contributed by atoms with Gasteiger partial charge < -0.3 is 4.98 Å². The molecule has 0 radical (unpaired) electrons. The zero-order chi connectivity index (χ0) is 12.6. The van der Waals surface area contributed by atoms with Gasteiger partial charge in [-0.3, -0.25) is 0 Å². The first-order valence-corrected chi connectivity index (χ1v) is 5.08. The molecule has 0 fully saturated rings. The van der Waals surface area contributed by atoms with E-state index in [1.165, 1.54) is 0 Å². The summed E-state index contributed by atoms with van der Waals surface area (Å²) in [6.07, 6.45) is -3.57. The Morgan fingerprint density at radius 2 is 1.88 bits per heavy atom. The van der Waals surface area contributed by atoms with Gasteiger partial charge in [0.05, 0.1) is 6.20 Å². The minimum absolute atomic E-state index is 0.245. The summed E-state index contributed by atoms with van der Waals surface area (Å²) in [6.45, 7) is 3.78. The highest BCUT2D eigenvalue weighted by molar-refractivity contribution is 5.60. The summed E-state index contributed by atoms with van der Waals surface area (Å²) in [5.74, 6) is 0.245. The minimum atomic E-state index is -4.39. The van der Waals surface area contributed by atoms with Crippen molar-refractivity contribution in [1.82, 2.24) is 9.97 Å². The lowest BCUT2D eigenvalue weighted by Gasteiger charge is -2.04. The molecule has 1 N–H and O–H groups in total. The van der Waals surface area contributed by atoms with Crippen LogP contribution in [-0.4, -0.2) is 9.97 Å². The van der Waals surface area contributed by atoms with Gasteiger partial charge in [-0.1, -0.05) is 23.8 Å². The second-order valence-electron chi connectivity index (χ2n) is 3.96. The van der Waals surface area contributed by atoms with E-state index in [4.69, 9.17) is 0 Å². The zero-order valence-corrected chi connectivity index (χ0v) is 9.39. The van der Waals surface area contributed by atoms with Crippen LogP contribution in [0.5, 0.6) is 0 Å². The molecular weight excluding hydrogens is 229 g/mol. The Kier molecular flexibility index (Phi) is 2.69. The van der Waals surface area contributed by atoms with Gasteiger partial charge in [0.1, 0.15) is 11.5 Å². The van der Waals surface area contributed by atoms with Crippen LogP contribution in [0.25, 0.3) is 11.4 Å². The molecule has 17 heavy (non-hydrogen) atoms. The monoisotopic (exact) mass is 240 g/mol. The summed E-state index contributed by atoms with van der Waals surface area (Å²) < 4.78 is 37.2. The largest absolute Gasteiger partial charge is 0.432 e. The molecule has 0 aliphatic rings. The number of nitrogens with zero attached hydrogens (tertiary/aromatic N) is 1. The molecule has 0 atom stereocenters. The summed E-state index contributed by atoms with van der Waals surface area (Å²) in [4.78, 5) is 6.06. The number of nitrogens with one attached hydrogen (secondary N) is 1. The van der Waals surface area contributed by atoms with Crippen molar-refractivity contribution in [1.29, 1.82) is 0 Å². The lowest BCUT2D eigenvalue weighted by Crippen LogP contribution is -2.04. The van der Waals surface area contributed by atoms with E-state index in [2.05, 4.69) is 9.97 Å². The molecule has 90 valence electrons. The Balaban J connectivity index is 2.44. The van der Waals surface area contributed by atoms with E-state index in [-0.39, 0.29) is 5.82 Å². The third-order valence-electron chi connectivity index (χ3n) is 2.52. The number of imidazole rings is 1. The standard InChI is InChI=1S/C12H11F3N2/c1-7-3-4-9(8(2)5-7)11-16-6-10(17-11)12(13,14)15/h3-6H,1-2H3,(H,16,17). The van der Waals surface area contributed by atoms with Crippen molar-refractivity contribution in [3.8, 4) is 11.4 Å². The van der Waals surface area contributed by atoms with E-state index in [0.29, 0.717) is 5.56 Å². The average Bonchev–Trinajstić information content (AvgIpc) is 2.65.